The van der Waals surface area contributed by atoms with Crippen molar-refractivity contribution in [2.45, 2.75) is 12.5 Å². The first-order chi connectivity index (χ1) is 9.28. The topological polar surface area (TPSA) is 29.3 Å². The summed E-state index contributed by atoms with van der Waals surface area (Å²) in [5, 5.41) is 0. The maximum Gasteiger partial charge on any atom is 0.123 e. The maximum atomic E-state index is 13.2. The van der Waals surface area contributed by atoms with Crippen LogP contribution in [-0.2, 0) is 6.54 Å². The predicted octanol–water partition coefficient (Wildman–Crippen LogP) is 2.89. The Bertz CT molecular complexity index is 562. The molecule has 19 heavy (non-hydrogen) atoms. The van der Waals surface area contributed by atoms with Gasteiger partial charge in [0.2, 0.25) is 0 Å². The highest BCUT2D eigenvalue weighted by molar-refractivity contribution is 5.57. The van der Waals surface area contributed by atoms with Crippen LogP contribution in [0, 0.1) is 5.82 Å². The summed E-state index contributed by atoms with van der Waals surface area (Å²) in [5.74, 6) is 0.348. The largest absolute Gasteiger partial charge is 0.370 e. The number of benzene rings is 2. The van der Waals surface area contributed by atoms with E-state index in [1.54, 1.807) is 0 Å². The van der Waals surface area contributed by atoms with Crippen molar-refractivity contribution in [3.05, 3.63) is 65.5 Å². The molecule has 1 aliphatic rings. The lowest BCUT2D eigenvalue weighted by molar-refractivity contribution is 0.522. The number of halogens is 1. The van der Waals surface area contributed by atoms with Gasteiger partial charge in [-0.3, -0.25) is 0 Å². The molecule has 2 aromatic rings. The van der Waals surface area contributed by atoms with Crippen LogP contribution in [0.25, 0.3) is 0 Å². The van der Waals surface area contributed by atoms with E-state index in [1.807, 2.05) is 12.1 Å². The molecule has 0 aliphatic carbocycles. The lowest BCUT2D eigenvalue weighted by atomic mass is 9.90. The minimum absolute atomic E-state index is 0.218. The van der Waals surface area contributed by atoms with Gasteiger partial charge in [0, 0.05) is 31.2 Å². The van der Waals surface area contributed by atoms with Gasteiger partial charge < -0.3 is 10.6 Å². The molecule has 0 atom stereocenters. The van der Waals surface area contributed by atoms with Gasteiger partial charge >= 0.3 is 0 Å². The van der Waals surface area contributed by atoms with Crippen molar-refractivity contribution in [3.8, 4) is 0 Å². The summed E-state index contributed by atoms with van der Waals surface area (Å²) in [6, 6.07) is 15.4. The molecule has 3 rings (SSSR count). The fourth-order valence-corrected chi connectivity index (χ4v) is 2.64. The van der Waals surface area contributed by atoms with E-state index < -0.39 is 0 Å². The van der Waals surface area contributed by atoms with Gasteiger partial charge in [-0.05, 0) is 29.3 Å². The Morgan fingerprint density at radius 1 is 1.11 bits per heavy atom. The van der Waals surface area contributed by atoms with Gasteiger partial charge in [0.25, 0.3) is 0 Å². The summed E-state index contributed by atoms with van der Waals surface area (Å²) in [5.41, 5.74) is 9.01. The van der Waals surface area contributed by atoms with Gasteiger partial charge in [-0.2, -0.15) is 0 Å². The van der Waals surface area contributed by atoms with Gasteiger partial charge in [0.05, 0.1) is 0 Å². The molecule has 3 heteroatoms. The van der Waals surface area contributed by atoms with Crippen molar-refractivity contribution in [1.82, 2.24) is 0 Å². The average molecular weight is 256 g/mol. The first kappa shape index (κ1) is 12.2. The van der Waals surface area contributed by atoms with E-state index >= 15 is 0 Å². The quantitative estimate of drug-likeness (QED) is 0.915. The number of hydrogen-bond acceptors (Lipinski definition) is 2. The van der Waals surface area contributed by atoms with Crippen LogP contribution < -0.4 is 10.6 Å². The Morgan fingerprint density at radius 2 is 1.84 bits per heavy atom. The van der Waals surface area contributed by atoms with Crippen molar-refractivity contribution in [2.24, 2.45) is 5.73 Å². The van der Waals surface area contributed by atoms with Gasteiger partial charge in [0.1, 0.15) is 5.82 Å². The Kier molecular flexibility index (Phi) is 3.22. The smallest absolute Gasteiger partial charge is 0.123 e. The third-order valence-electron chi connectivity index (χ3n) is 3.75. The summed E-state index contributed by atoms with van der Waals surface area (Å²) < 4.78 is 13.2. The second kappa shape index (κ2) is 5.02. The summed E-state index contributed by atoms with van der Waals surface area (Å²) >= 11 is 0. The Morgan fingerprint density at radius 3 is 2.53 bits per heavy atom. The number of hydrogen-bond donors (Lipinski definition) is 1. The van der Waals surface area contributed by atoms with E-state index in [2.05, 4.69) is 29.2 Å². The summed E-state index contributed by atoms with van der Waals surface area (Å²) in [6.45, 7) is 2.32. The van der Waals surface area contributed by atoms with Crippen LogP contribution in [0.5, 0.6) is 0 Å². The number of rotatable bonds is 3. The zero-order valence-electron chi connectivity index (χ0n) is 10.7. The standard InChI is InChI=1S/C16H17FN2/c17-15-6-7-16(13(8-15)9-18)19-10-14(11-19)12-4-2-1-3-5-12/h1-8,14H,9-11,18H2. The van der Waals surface area contributed by atoms with Crippen LogP contribution in [0.3, 0.4) is 0 Å². The molecule has 0 aromatic heterocycles. The zero-order valence-corrected chi connectivity index (χ0v) is 10.7. The molecule has 1 saturated heterocycles. The molecular weight excluding hydrogens is 239 g/mol. The van der Waals surface area contributed by atoms with E-state index in [0.717, 1.165) is 24.3 Å². The van der Waals surface area contributed by atoms with Gasteiger partial charge in [-0.25, -0.2) is 4.39 Å². The van der Waals surface area contributed by atoms with Gasteiger partial charge in [-0.1, -0.05) is 30.3 Å². The molecule has 98 valence electrons. The third-order valence-corrected chi connectivity index (χ3v) is 3.75. The normalized spacial score (nSPS) is 15.4. The SMILES string of the molecule is NCc1cc(F)ccc1N1CC(c2ccccc2)C1. The van der Waals surface area contributed by atoms with Crippen LogP contribution in [0.1, 0.15) is 17.0 Å². The highest BCUT2D eigenvalue weighted by atomic mass is 19.1. The molecule has 2 aromatic carbocycles. The van der Waals surface area contributed by atoms with Crippen LogP contribution >= 0.6 is 0 Å². The summed E-state index contributed by atoms with van der Waals surface area (Å²) in [4.78, 5) is 2.26. The monoisotopic (exact) mass is 256 g/mol. The lowest BCUT2D eigenvalue weighted by Gasteiger charge is -2.42. The van der Waals surface area contributed by atoms with Crippen molar-refractivity contribution in [1.29, 1.82) is 0 Å². The van der Waals surface area contributed by atoms with Crippen molar-refractivity contribution >= 4 is 5.69 Å². The molecule has 0 spiro atoms. The van der Waals surface area contributed by atoms with E-state index in [-0.39, 0.29) is 5.82 Å². The molecule has 0 saturated carbocycles. The molecule has 2 nitrogen and oxygen atoms in total. The van der Waals surface area contributed by atoms with E-state index in [1.165, 1.54) is 17.7 Å². The van der Waals surface area contributed by atoms with E-state index in [9.17, 15) is 4.39 Å². The van der Waals surface area contributed by atoms with Crippen molar-refractivity contribution in [3.63, 3.8) is 0 Å². The summed E-state index contributed by atoms with van der Waals surface area (Å²) in [7, 11) is 0. The van der Waals surface area contributed by atoms with Crippen molar-refractivity contribution in [2.75, 3.05) is 18.0 Å². The number of anilines is 1. The Hall–Kier alpha value is -1.87. The highest BCUT2D eigenvalue weighted by Gasteiger charge is 2.29. The number of nitrogens with zero attached hydrogens (tertiary/aromatic N) is 1. The third kappa shape index (κ3) is 2.34. The fourth-order valence-electron chi connectivity index (χ4n) is 2.64. The van der Waals surface area contributed by atoms with Gasteiger partial charge in [0.15, 0.2) is 0 Å². The molecule has 0 unspecified atom stereocenters. The number of nitrogens with two attached hydrogens (primary N) is 1. The Balaban J connectivity index is 1.74. The zero-order chi connectivity index (χ0) is 13.2. The molecule has 1 fully saturated rings. The predicted molar refractivity (Wildman–Crippen MR) is 75.7 cm³/mol. The minimum atomic E-state index is -0.218. The Labute approximate surface area is 112 Å². The van der Waals surface area contributed by atoms with Crippen LogP contribution in [0.15, 0.2) is 48.5 Å². The molecular formula is C16H17FN2. The molecule has 2 N–H and O–H groups in total. The second-order valence-corrected chi connectivity index (χ2v) is 4.99. The summed E-state index contributed by atoms with van der Waals surface area (Å²) in [6.07, 6.45) is 0. The first-order valence-corrected chi connectivity index (χ1v) is 6.56. The van der Waals surface area contributed by atoms with Crippen LogP contribution in [0.2, 0.25) is 0 Å². The molecule has 1 aliphatic heterocycles. The molecule has 0 bridgehead atoms. The maximum absolute atomic E-state index is 13.2. The van der Waals surface area contributed by atoms with E-state index in [0.29, 0.717) is 12.5 Å². The van der Waals surface area contributed by atoms with Crippen molar-refractivity contribution < 1.29 is 4.39 Å². The minimum Gasteiger partial charge on any atom is -0.370 e. The average Bonchev–Trinajstić information content (AvgIpc) is 2.40. The molecule has 0 radical (unpaired) electrons. The highest BCUT2D eigenvalue weighted by Crippen LogP contribution is 2.33. The van der Waals surface area contributed by atoms with Crippen LogP contribution in [0.4, 0.5) is 10.1 Å². The lowest BCUT2D eigenvalue weighted by Crippen LogP contribution is -2.45. The van der Waals surface area contributed by atoms with E-state index in [4.69, 9.17) is 5.73 Å². The van der Waals surface area contributed by atoms with Gasteiger partial charge in [-0.15, -0.1) is 0 Å². The second-order valence-electron chi connectivity index (χ2n) is 4.99. The van der Waals surface area contributed by atoms with Crippen LogP contribution in [-0.4, -0.2) is 13.1 Å². The fraction of sp³-hybridized carbons (Fsp3) is 0.250. The first-order valence-electron chi connectivity index (χ1n) is 6.56. The molecule has 0 amide bonds. The molecule has 1 heterocycles.